The minimum Gasteiger partial charge on any atom is -0.480 e. The SMILES string of the molecule is CC1(C)CC(NC(CC(=O)c2ccccc2N)C(=O)O)C(C)(C)N1[O]. The number of nitrogens with one attached hydrogen (secondary N) is 1. The maximum atomic E-state index is 12.5. The number of hydrogen-bond donors (Lipinski definition) is 3. The van der Waals surface area contributed by atoms with Crippen LogP contribution in [0.15, 0.2) is 24.3 Å². The minimum atomic E-state index is -1.12. The fourth-order valence-electron chi connectivity index (χ4n) is 3.52. The van der Waals surface area contributed by atoms with Gasteiger partial charge in [-0.3, -0.25) is 14.9 Å². The van der Waals surface area contributed by atoms with Crippen LogP contribution in [0.1, 0.15) is 50.9 Å². The Labute approximate surface area is 147 Å². The highest BCUT2D eigenvalue weighted by Crippen LogP contribution is 2.39. The highest BCUT2D eigenvalue weighted by Gasteiger charge is 2.53. The average Bonchev–Trinajstić information content (AvgIpc) is 2.66. The number of ketones is 1. The summed E-state index contributed by atoms with van der Waals surface area (Å²) < 4.78 is 0. The smallest absolute Gasteiger partial charge is 0.321 e. The molecule has 137 valence electrons. The molecule has 1 saturated heterocycles. The van der Waals surface area contributed by atoms with Crippen molar-refractivity contribution >= 4 is 17.4 Å². The summed E-state index contributed by atoms with van der Waals surface area (Å²) in [6.45, 7) is 7.22. The number of para-hydroxylation sites is 1. The number of hydrogen-bond acceptors (Lipinski definition) is 5. The van der Waals surface area contributed by atoms with E-state index in [1.165, 1.54) is 0 Å². The standard InChI is InChI=1S/C18H26N3O4/c1-17(2)10-15(18(3,4)21(17)25)20-13(16(23)24)9-14(22)11-7-5-6-8-12(11)19/h5-8,13,15,20H,9-10,19H2,1-4H3,(H,23,24). The van der Waals surface area contributed by atoms with Crippen molar-refractivity contribution in [3.8, 4) is 0 Å². The molecule has 1 aliphatic heterocycles. The molecule has 1 fully saturated rings. The number of carboxylic acids is 1. The second kappa shape index (κ2) is 6.74. The van der Waals surface area contributed by atoms with E-state index in [4.69, 9.17) is 5.73 Å². The maximum Gasteiger partial charge on any atom is 0.321 e. The van der Waals surface area contributed by atoms with Crippen LogP contribution in [0.25, 0.3) is 0 Å². The number of hydroxylamine groups is 2. The Balaban J connectivity index is 2.16. The minimum absolute atomic E-state index is 0.227. The first-order valence-electron chi connectivity index (χ1n) is 8.31. The van der Waals surface area contributed by atoms with Crippen LogP contribution in [0.4, 0.5) is 5.69 Å². The van der Waals surface area contributed by atoms with Gasteiger partial charge in [0.2, 0.25) is 0 Å². The van der Waals surface area contributed by atoms with E-state index in [2.05, 4.69) is 5.32 Å². The summed E-state index contributed by atoms with van der Waals surface area (Å²) in [5.74, 6) is -1.46. The summed E-state index contributed by atoms with van der Waals surface area (Å²) in [6, 6.07) is 5.16. The first-order valence-corrected chi connectivity index (χ1v) is 8.31. The Morgan fingerprint density at radius 2 is 1.92 bits per heavy atom. The van der Waals surface area contributed by atoms with E-state index in [1.54, 1.807) is 38.1 Å². The van der Waals surface area contributed by atoms with Crippen molar-refractivity contribution in [2.75, 3.05) is 5.73 Å². The van der Waals surface area contributed by atoms with Crippen LogP contribution in [0.5, 0.6) is 0 Å². The summed E-state index contributed by atoms with van der Waals surface area (Å²) in [5, 5.41) is 26.0. The van der Waals surface area contributed by atoms with Gasteiger partial charge in [-0.15, -0.1) is 10.3 Å². The molecule has 0 aromatic heterocycles. The number of nitrogens with zero attached hydrogens (tertiary/aromatic N) is 1. The molecule has 4 N–H and O–H groups in total. The van der Waals surface area contributed by atoms with Crippen LogP contribution in [0, 0.1) is 0 Å². The first-order chi connectivity index (χ1) is 11.5. The normalized spacial score (nSPS) is 23.3. The van der Waals surface area contributed by atoms with E-state index in [9.17, 15) is 19.9 Å². The van der Waals surface area contributed by atoms with Gasteiger partial charge in [0.05, 0.1) is 5.54 Å². The van der Waals surface area contributed by atoms with Crippen molar-refractivity contribution in [3.63, 3.8) is 0 Å². The molecule has 2 atom stereocenters. The van der Waals surface area contributed by atoms with E-state index in [0.29, 0.717) is 17.7 Å². The van der Waals surface area contributed by atoms with Crippen LogP contribution in [0.2, 0.25) is 0 Å². The van der Waals surface area contributed by atoms with E-state index >= 15 is 0 Å². The largest absolute Gasteiger partial charge is 0.480 e. The highest BCUT2D eigenvalue weighted by molar-refractivity contribution is 6.02. The predicted octanol–water partition coefficient (Wildman–Crippen LogP) is 1.86. The molecule has 0 spiro atoms. The molecule has 1 aromatic carbocycles. The summed E-state index contributed by atoms with van der Waals surface area (Å²) in [5.41, 5.74) is 5.06. The van der Waals surface area contributed by atoms with Crippen molar-refractivity contribution in [2.24, 2.45) is 0 Å². The number of aliphatic carboxylic acids is 1. The lowest BCUT2D eigenvalue weighted by atomic mass is 9.92. The number of nitrogen functional groups attached to an aromatic ring is 1. The van der Waals surface area contributed by atoms with Crippen LogP contribution in [-0.2, 0) is 10.0 Å². The Morgan fingerprint density at radius 3 is 2.40 bits per heavy atom. The highest BCUT2D eigenvalue weighted by atomic mass is 16.5. The average molecular weight is 348 g/mol. The van der Waals surface area contributed by atoms with Crippen LogP contribution in [-0.4, -0.2) is 45.1 Å². The number of carbonyl (C=O) groups is 2. The molecule has 7 heteroatoms. The van der Waals surface area contributed by atoms with Gasteiger partial charge in [-0.2, -0.15) is 0 Å². The molecular weight excluding hydrogens is 322 g/mol. The van der Waals surface area contributed by atoms with Gasteiger partial charge in [0.1, 0.15) is 6.04 Å². The zero-order valence-corrected chi connectivity index (χ0v) is 15.1. The van der Waals surface area contributed by atoms with Crippen LogP contribution < -0.4 is 11.1 Å². The molecule has 0 saturated carbocycles. The number of anilines is 1. The number of nitrogens with two attached hydrogens (primary N) is 1. The van der Waals surface area contributed by atoms with Gasteiger partial charge in [-0.25, -0.2) is 0 Å². The van der Waals surface area contributed by atoms with E-state index in [1.807, 2.05) is 13.8 Å². The number of Topliss-reactive ketones (excluding diaryl/α,β-unsaturated/α-hetero) is 1. The third-order valence-corrected chi connectivity index (χ3v) is 4.98. The molecule has 1 radical (unpaired) electrons. The summed E-state index contributed by atoms with van der Waals surface area (Å²) in [7, 11) is 0. The van der Waals surface area contributed by atoms with Crippen molar-refractivity contribution in [1.29, 1.82) is 0 Å². The molecule has 2 rings (SSSR count). The third-order valence-electron chi connectivity index (χ3n) is 4.98. The lowest BCUT2D eigenvalue weighted by Gasteiger charge is -2.34. The number of carbonyl (C=O) groups excluding carboxylic acids is 1. The number of carboxylic acid groups (broad SMARTS) is 1. The van der Waals surface area contributed by atoms with Gasteiger partial charge in [-0.05, 0) is 46.2 Å². The van der Waals surface area contributed by atoms with Gasteiger partial charge >= 0.3 is 5.97 Å². The Bertz CT molecular complexity index is 672. The van der Waals surface area contributed by atoms with Crippen LogP contribution in [0.3, 0.4) is 0 Å². The summed E-state index contributed by atoms with van der Waals surface area (Å²) >= 11 is 0. The van der Waals surface area contributed by atoms with Crippen molar-refractivity contribution in [2.45, 2.75) is 63.7 Å². The van der Waals surface area contributed by atoms with Gasteiger partial charge in [0, 0.05) is 29.3 Å². The van der Waals surface area contributed by atoms with Crippen molar-refractivity contribution < 1.29 is 19.9 Å². The number of benzene rings is 1. The van der Waals surface area contributed by atoms with Gasteiger partial charge < -0.3 is 10.8 Å². The van der Waals surface area contributed by atoms with Gasteiger partial charge in [0.15, 0.2) is 5.78 Å². The molecule has 0 amide bonds. The summed E-state index contributed by atoms with van der Waals surface area (Å²) in [4.78, 5) is 24.1. The topological polar surface area (TPSA) is 116 Å². The molecule has 1 heterocycles. The Morgan fingerprint density at radius 1 is 1.32 bits per heavy atom. The molecule has 0 bridgehead atoms. The lowest BCUT2D eigenvalue weighted by molar-refractivity contribution is -0.246. The fourth-order valence-corrected chi connectivity index (χ4v) is 3.52. The molecule has 2 unspecified atom stereocenters. The van der Waals surface area contributed by atoms with Crippen molar-refractivity contribution in [1.82, 2.24) is 10.4 Å². The van der Waals surface area contributed by atoms with E-state index < -0.39 is 23.1 Å². The second-order valence-electron chi connectivity index (χ2n) is 7.79. The predicted molar refractivity (Wildman–Crippen MR) is 93.4 cm³/mol. The molecule has 1 aliphatic rings. The third kappa shape index (κ3) is 3.84. The van der Waals surface area contributed by atoms with Crippen LogP contribution >= 0.6 is 0 Å². The molecule has 1 aromatic rings. The lowest BCUT2D eigenvalue weighted by Crippen LogP contribution is -2.55. The summed E-state index contributed by atoms with van der Waals surface area (Å²) in [6.07, 6.45) is 0.268. The first kappa shape index (κ1) is 19.4. The zero-order valence-electron chi connectivity index (χ0n) is 15.1. The van der Waals surface area contributed by atoms with Gasteiger partial charge in [-0.1, -0.05) is 12.1 Å². The fraction of sp³-hybridized carbons (Fsp3) is 0.556. The molecule has 7 nitrogen and oxygen atoms in total. The van der Waals surface area contributed by atoms with E-state index in [0.717, 1.165) is 5.06 Å². The quantitative estimate of drug-likeness (QED) is 0.534. The molecule has 25 heavy (non-hydrogen) atoms. The Hall–Kier alpha value is -1.96. The molecular formula is C18H26N3O4. The zero-order chi connectivity index (χ0) is 19.0. The van der Waals surface area contributed by atoms with Crippen molar-refractivity contribution in [3.05, 3.63) is 29.8 Å². The monoisotopic (exact) mass is 348 g/mol. The Kier molecular flexibility index (Phi) is 5.22. The maximum absolute atomic E-state index is 12.5. The number of rotatable bonds is 6. The van der Waals surface area contributed by atoms with E-state index in [-0.39, 0.29) is 18.2 Å². The second-order valence-corrected chi connectivity index (χ2v) is 7.79. The van der Waals surface area contributed by atoms with Gasteiger partial charge in [0.25, 0.3) is 0 Å². The molecule has 0 aliphatic carbocycles.